The van der Waals surface area contributed by atoms with Crippen molar-refractivity contribution in [3.05, 3.63) is 11.4 Å². The zero-order valence-electron chi connectivity index (χ0n) is 11.6. The summed E-state index contributed by atoms with van der Waals surface area (Å²) in [7, 11) is 0. The number of aryl methyl sites for hydroxylation is 2. The van der Waals surface area contributed by atoms with Gasteiger partial charge in [-0.3, -0.25) is 19.6 Å². The fraction of sp³-hybridized carbons (Fsp3) is 0.583. The summed E-state index contributed by atoms with van der Waals surface area (Å²) in [6.07, 6.45) is 0. The number of hydrogen-bond acceptors (Lipinski definition) is 4. The van der Waals surface area contributed by atoms with Crippen LogP contribution in [0.2, 0.25) is 0 Å². The van der Waals surface area contributed by atoms with E-state index in [1.54, 1.807) is 11.8 Å². The maximum absolute atomic E-state index is 11.9. The number of amides is 1. The number of nitrogens with one attached hydrogen (secondary N) is 2. The molecule has 0 saturated heterocycles. The molecule has 1 rings (SSSR count). The summed E-state index contributed by atoms with van der Waals surface area (Å²) in [5, 5.41) is 18.3. The van der Waals surface area contributed by atoms with Gasteiger partial charge >= 0.3 is 5.97 Å². The first-order chi connectivity index (χ1) is 8.81. The molecule has 0 aliphatic heterocycles. The van der Waals surface area contributed by atoms with Crippen LogP contribution in [-0.4, -0.2) is 51.2 Å². The number of hydrogen-bond donors (Lipinski definition) is 3. The van der Waals surface area contributed by atoms with E-state index in [0.29, 0.717) is 11.4 Å². The van der Waals surface area contributed by atoms with Crippen LogP contribution in [-0.2, 0) is 9.59 Å². The van der Waals surface area contributed by atoms with Crippen LogP contribution in [0.15, 0.2) is 0 Å². The van der Waals surface area contributed by atoms with Crippen LogP contribution >= 0.6 is 0 Å². The molecule has 7 nitrogen and oxygen atoms in total. The molecule has 106 valence electrons. The Labute approximate surface area is 112 Å². The van der Waals surface area contributed by atoms with Gasteiger partial charge in [-0.15, -0.1) is 0 Å². The Morgan fingerprint density at radius 3 is 2.42 bits per heavy atom. The topological polar surface area (TPSA) is 98.3 Å². The first-order valence-electron chi connectivity index (χ1n) is 6.08. The molecule has 0 spiro atoms. The molecular formula is C12H20N4O3. The van der Waals surface area contributed by atoms with Gasteiger partial charge in [0.1, 0.15) is 0 Å². The van der Waals surface area contributed by atoms with E-state index >= 15 is 0 Å². The van der Waals surface area contributed by atoms with Crippen LogP contribution in [0, 0.1) is 13.8 Å². The van der Waals surface area contributed by atoms with Crippen LogP contribution in [0.3, 0.4) is 0 Å². The Hall–Kier alpha value is -1.89. The summed E-state index contributed by atoms with van der Waals surface area (Å²) < 4.78 is 0. The van der Waals surface area contributed by atoms with Crippen LogP contribution in [0.1, 0.15) is 25.2 Å². The molecule has 0 fully saturated rings. The number of carboxylic acid groups (broad SMARTS) is 1. The number of H-pyrrole nitrogens is 1. The van der Waals surface area contributed by atoms with Gasteiger partial charge in [0.15, 0.2) is 0 Å². The van der Waals surface area contributed by atoms with Gasteiger partial charge in [-0.25, -0.2) is 0 Å². The molecule has 0 aliphatic carbocycles. The lowest BCUT2D eigenvalue weighted by atomic mass is 10.3. The van der Waals surface area contributed by atoms with Crippen molar-refractivity contribution in [2.75, 3.05) is 18.4 Å². The first-order valence-corrected chi connectivity index (χ1v) is 6.08. The van der Waals surface area contributed by atoms with Gasteiger partial charge in [-0.05, 0) is 27.7 Å². The Morgan fingerprint density at radius 2 is 2.00 bits per heavy atom. The monoisotopic (exact) mass is 268 g/mol. The second kappa shape index (κ2) is 6.33. The van der Waals surface area contributed by atoms with E-state index in [-0.39, 0.29) is 25.0 Å². The van der Waals surface area contributed by atoms with Gasteiger partial charge in [-0.2, -0.15) is 5.10 Å². The number of anilines is 1. The number of rotatable bonds is 6. The molecule has 1 aromatic rings. The fourth-order valence-electron chi connectivity index (χ4n) is 1.69. The van der Waals surface area contributed by atoms with E-state index in [1.807, 2.05) is 20.8 Å². The zero-order chi connectivity index (χ0) is 14.6. The van der Waals surface area contributed by atoms with Gasteiger partial charge in [0.05, 0.1) is 30.2 Å². The first kappa shape index (κ1) is 15.2. The number of carbonyl (C=O) groups is 2. The summed E-state index contributed by atoms with van der Waals surface area (Å²) in [5.41, 5.74) is 2.14. The average Bonchev–Trinajstić information content (AvgIpc) is 2.59. The summed E-state index contributed by atoms with van der Waals surface area (Å²) in [6, 6.07) is -0.0200. The molecule has 0 saturated carbocycles. The van der Waals surface area contributed by atoms with Crippen molar-refractivity contribution in [3.63, 3.8) is 0 Å². The number of aliphatic carboxylic acids is 1. The summed E-state index contributed by atoms with van der Waals surface area (Å²) in [6.45, 7) is 7.18. The van der Waals surface area contributed by atoms with Crippen molar-refractivity contribution >= 4 is 17.6 Å². The normalized spacial score (nSPS) is 11.1. The van der Waals surface area contributed by atoms with E-state index in [2.05, 4.69) is 15.5 Å². The minimum absolute atomic E-state index is 0.0200. The standard InChI is InChI=1S/C12H20N4O3/c1-7(2)16(6-11(18)19)5-10(17)13-12-8(3)14-15-9(12)4/h7H,5-6H2,1-4H3,(H,13,17)(H,14,15)(H,18,19). The minimum Gasteiger partial charge on any atom is -0.480 e. The molecule has 0 aliphatic rings. The van der Waals surface area contributed by atoms with Crippen LogP contribution in [0.25, 0.3) is 0 Å². The number of aromatic amines is 1. The molecule has 1 amide bonds. The molecule has 19 heavy (non-hydrogen) atoms. The smallest absolute Gasteiger partial charge is 0.317 e. The van der Waals surface area contributed by atoms with Gasteiger partial charge in [-0.1, -0.05) is 0 Å². The molecular weight excluding hydrogens is 248 g/mol. The highest BCUT2D eigenvalue weighted by atomic mass is 16.4. The highest BCUT2D eigenvalue weighted by molar-refractivity contribution is 5.93. The molecule has 7 heteroatoms. The molecule has 0 aromatic carbocycles. The van der Waals surface area contributed by atoms with Crippen LogP contribution < -0.4 is 5.32 Å². The Morgan fingerprint density at radius 1 is 1.37 bits per heavy atom. The van der Waals surface area contributed by atoms with Crippen molar-refractivity contribution in [1.82, 2.24) is 15.1 Å². The fourth-order valence-corrected chi connectivity index (χ4v) is 1.69. The lowest BCUT2D eigenvalue weighted by Crippen LogP contribution is -2.41. The van der Waals surface area contributed by atoms with Crippen molar-refractivity contribution in [2.24, 2.45) is 0 Å². The van der Waals surface area contributed by atoms with E-state index in [1.165, 1.54) is 0 Å². The Kier molecular flexibility index (Phi) is 5.05. The molecule has 0 bridgehead atoms. The molecule has 1 aromatic heterocycles. The maximum Gasteiger partial charge on any atom is 0.317 e. The number of carbonyl (C=O) groups excluding carboxylic acids is 1. The van der Waals surface area contributed by atoms with Crippen LogP contribution in [0.4, 0.5) is 5.69 Å². The quantitative estimate of drug-likeness (QED) is 0.707. The van der Waals surface area contributed by atoms with Crippen molar-refractivity contribution in [2.45, 2.75) is 33.7 Å². The second-order valence-electron chi connectivity index (χ2n) is 4.75. The summed E-state index contributed by atoms with van der Waals surface area (Å²) >= 11 is 0. The van der Waals surface area contributed by atoms with Crippen molar-refractivity contribution in [3.8, 4) is 0 Å². The van der Waals surface area contributed by atoms with Gasteiger partial charge < -0.3 is 10.4 Å². The third-order valence-electron chi connectivity index (χ3n) is 2.81. The third kappa shape index (κ3) is 4.36. The maximum atomic E-state index is 11.9. The van der Waals surface area contributed by atoms with E-state index in [9.17, 15) is 9.59 Å². The molecule has 1 heterocycles. The van der Waals surface area contributed by atoms with Crippen molar-refractivity contribution < 1.29 is 14.7 Å². The number of carboxylic acids is 1. The SMILES string of the molecule is Cc1n[nH]c(C)c1NC(=O)CN(CC(=O)O)C(C)C. The second-order valence-corrected chi connectivity index (χ2v) is 4.75. The predicted octanol–water partition coefficient (Wildman–Crippen LogP) is 0.760. The molecule has 0 radical (unpaired) electrons. The van der Waals surface area contributed by atoms with E-state index in [4.69, 9.17) is 5.11 Å². The minimum atomic E-state index is -0.947. The van der Waals surface area contributed by atoms with Gasteiger partial charge in [0.25, 0.3) is 0 Å². The number of aromatic nitrogens is 2. The zero-order valence-corrected chi connectivity index (χ0v) is 11.6. The Bertz CT molecular complexity index is 448. The summed E-state index contributed by atoms with van der Waals surface area (Å²) in [4.78, 5) is 24.2. The largest absolute Gasteiger partial charge is 0.480 e. The lowest BCUT2D eigenvalue weighted by Gasteiger charge is -2.23. The van der Waals surface area contributed by atoms with E-state index in [0.717, 1.165) is 5.69 Å². The average molecular weight is 268 g/mol. The van der Waals surface area contributed by atoms with Crippen LogP contribution in [0.5, 0.6) is 0 Å². The summed E-state index contributed by atoms with van der Waals surface area (Å²) in [5.74, 6) is -1.19. The number of nitrogens with zero attached hydrogens (tertiary/aromatic N) is 2. The van der Waals surface area contributed by atoms with Gasteiger partial charge in [0, 0.05) is 6.04 Å². The predicted molar refractivity (Wildman–Crippen MR) is 71.0 cm³/mol. The molecule has 0 unspecified atom stereocenters. The molecule has 3 N–H and O–H groups in total. The lowest BCUT2D eigenvalue weighted by molar-refractivity contribution is -0.139. The highest BCUT2D eigenvalue weighted by Gasteiger charge is 2.18. The third-order valence-corrected chi connectivity index (χ3v) is 2.81. The highest BCUT2D eigenvalue weighted by Crippen LogP contribution is 2.15. The van der Waals surface area contributed by atoms with E-state index < -0.39 is 5.97 Å². The van der Waals surface area contributed by atoms with Gasteiger partial charge in [0.2, 0.25) is 5.91 Å². The Balaban J connectivity index is 2.65. The molecule has 0 atom stereocenters. The van der Waals surface area contributed by atoms with Crippen molar-refractivity contribution in [1.29, 1.82) is 0 Å².